The van der Waals surface area contributed by atoms with Crippen molar-refractivity contribution < 1.29 is 14.4 Å². The number of nitrogens with one attached hydrogen (secondary N) is 1. The molecule has 0 saturated carbocycles. The number of Topliss-reactive ketones (excluding diaryl/α,β-unsaturated/α-hetero) is 1. The number of carbonyl (C=O) groups excluding carboxylic acids is 3. The number of hydrogen-bond acceptors (Lipinski definition) is 3. The van der Waals surface area contributed by atoms with Crippen LogP contribution in [0.2, 0.25) is 0 Å². The van der Waals surface area contributed by atoms with Gasteiger partial charge in [0.25, 0.3) is 5.91 Å². The molecule has 1 aliphatic heterocycles. The Bertz CT molecular complexity index is 901. The molecular formula is C21H25N3O3. The first-order valence-corrected chi connectivity index (χ1v) is 9.07. The van der Waals surface area contributed by atoms with E-state index >= 15 is 0 Å². The average Bonchev–Trinajstić information content (AvgIpc) is 3.03. The zero-order valence-corrected chi connectivity index (χ0v) is 16.2. The van der Waals surface area contributed by atoms with Crippen LogP contribution >= 0.6 is 0 Å². The molecule has 2 heterocycles. The van der Waals surface area contributed by atoms with E-state index in [4.69, 9.17) is 0 Å². The van der Waals surface area contributed by atoms with Crippen molar-refractivity contribution in [2.75, 3.05) is 6.54 Å². The first-order chi connectivity index (χ1) is 12.7. The largest absolute Gasteiger partial charge is 0.351 e. The lowest BCUT2D eigenvalue weighted by molar-refractivity contribution is -0.130. The van der Waals surface area contributed by atoms with Crippen molar-refractivity contribution in [3.8, 4) is 0 Å². The summed E-state index contributed by atoms with van der Waals surface area (Å²) in [5.74, 6) is -0.575. The standard InChI is InChI=1S/C21H25N3O3/c1-14-12-17(15(2)23(14)4)18(25)13-24-19(26)21(3,22-20(24)27)11-10-16-8-6-5-7-9-16/h5-9,12H,10-11,13H2,1-4H3,(H,22,27)/t21-/m0/s1. The molecule has 1 N–H and O–H groups in total. The van der Waals surface area contributed by atoms with Crippen LogP contribution in [0.4, 0.5) is 4.79 Å². The summed E-state index contributed by atoms with van der Waals surface area (Å²) in [5, 5.41) is 2.77. The number of carbonyl (C=O) groups is 3. The zero-order valence-electron chi connectivity index (χ0n) is 16.2. The Morgan fingerprint density at radius 1 is 1.15 bits per heavy atom. The summed E-state index contributed by atoms with van der Waals surface area (Å²) < 4.78 is 1.92. The van der Waals surface area contributed by atoms with Crippen molar-refractivity contribution in [2.45, 2.75) is 39.2 Å². The van der Waals surface area contributed by atoms with Gasteiger partial charge in [-0.25, -0.2) is 4.79 Å². The van der Waals surface area contributed by atoms with E-state index in [0.29, 0.717) is 18.4 Å². The monoisotopic (exact) mass is 367 g/mol. The van der Waals surface area contributed by atoms with Gasteiger partial charge >= 0.3 is 6.03 Å². The van der Waals surface area contributed by atoms with Crippen molar-refractivity contribution in [1.29, 1.82) is 0 Å². The molecule has 2 aromatic rings. The van der Waals surface area contributed by atoms with E-state index in [2.05, 4.69) is 5.32 Å². The number of rotatable bonds is 6. The second kappa shape index (κ2) is 7.02. The van der Waals surface area contributed by atoms with Gasteiger partial charge in [0.15, 0.2) is 5.78 Å². The molecule has 0 bridgehead atoms. The Morgan fingerprint density at radius 3 is 2.41 bits per heavy atom. The van der Waals surface area contributed by atoms with E-state index in [-0.39, 0.29) is 18.2 Å². The fourth-order valence-electron chi connectivity index (χ4n) is 3.47. The molecule has 0 unspecified atom stereocenters. The summed E-state index contributed by atoms with van der Waals surface area (Å²) in [4.78, 5) is 39.0. The van der Waals surface area contributed by atoms with E-state index in [1.165, 1.54) is 0 Å². The number of benzene rings is 1. The van der Waals surface area contributed by atoms with E-state index < -0.39 is 11.6 Å². The molecule has 1 aromatic carbocycles. The van der Waals surface area contributed by atoms with E-state index in [1.807, 2.05) is 55.8 Å². The van der Waals surface area contributed by atoms with Crippen molar-refractivity contribution >= 4 is 17.7 Å². The number of hydrogen-bond donors (Lipinski definition) is 1. The smallest absolute Gasteiger partial charge is 0.325 e. The highest BCUT2D eigenvalue weighted by molar-refractivity contribution is 6.11. The molecule has 0 radical (unpaired) electrons. The minimum atomic E-state index is -0.991. The molecular weight excluding hydrogens is 342 g/mol. The van der Waals surface area contributed by atoms with Gasteiger partial charge in [-0.1, -0.05) is 30.3 Å². The number of amides is 3. The number of urea groups is 1. The molecule has 142 valence electrons. The summed E-state index contributed by atoms with van der Waals surface area (Å²) in [7, 11) is 1.88. The normalized spacial score (nSPS) is 19.5. The number of aryl methyl sites for hydroxylation is 2. The van der Waals surface area contributed by atoms with Crippen LogP contribution in [0.25, 0.3) is 0 Å². The molecule has 1 atom stereocenters. The summed E-state index contributed by atoms with van der Waals surface area (Å²) in [5.41, 5.74) is 2.45. The summed E-state index contributed by atoms with van der Waals surface area (Å²) in [6, 6.07) is 11.1. The van der Waals surface area contributed by atoms with Gasteiger partial charge in [-0.3, -0.25) is 14.5 Å². The Hall–Kier alpha value is -2.89. The fourth-order valence-corrected chi connectivity index (χ4v) is 3.47. The first-order valence-electron chi connectivity index (χ1n) is 9.07. The molecule has 0 aliphatic carbocycles. The molecule has 27 heavy (non-hydrogen) atoms. The molecule has 3 amide bonds. The third-order valence-corrected chi connectivity index (χ3v) is 5.48. The number of imide groups is 1. The van der Waals surface area contributed by atoms with Crippen LogP contribution in [0.15, 0.2) is 36.4 Å². The highest BCUT2D eigenvalue weighted by atomic mass is 16.2. The van der Waals surface area contributed by atoms with Crippen LogP contribution in [0.1, 0.15) is 40.7 Å². The van der Waals surface area contributed by atoms with Gasteiger partial charge < -0.3 is 9.88 Å². The third-order valence-electron chi connectivity index (χ3n) is 5.48. The quantitative estimate of drug-likeness (QED) is 0.630. The van der Waals surface area contributed by atoms with Gasteiger partial charge in [0, 0.05) is 24.0 Å². The topological polar surface area (TPSA) is 71.4 Å². The average molecular weight is 367 g/mol. The van der Waals surface area contributed by atoms with Crippen molar-refractivity contribution in [2.24, 2.45) is 7.05 Å². The highest BCUT2D eigenvalue weighted by Crippen LogP contribution is 2.24. The van der Waals surface area contributed by atoms with Crippen LogP contribution in [-0.2, 0) is 18.3 Å². The van der Waals surface area contributed by atoms with Gasteiger partial charge in [-0.2, -0.15) is 0 Å². The fraction of sp³-hybridized carbons (Fsp3) is 0.381. The van der Waals surface area contributed by atoms with Gasteiger partial charge in [-0.05, 0) is 45.2 Å². The van der Waals surface area contributed by atoms with Crippen molar-refractivity contribution in [3.05, 3.63) is 58.9 Å². The molecule has 1 fully saturated rings. The second-order valence-electron chi connectivity index (χ2n) is 7.41. The maximum absolute atomic E-state index is 12.9. The SMILES string of the molecule is Cc1cc(C(=O)CN2C(=O)N[C@@](C)(CCc3ccccc3)C2=O)c(C)n1C. The van der Waals surface area contributed by atoms with Crippen molar-refractivity contribution in [3.63, 3.8) is 0 Å². The van der Waals surface area contributed by atoms with Gasteiger partial charge in [0.05, 0.1) is 6.54 Å². The minimum absolute atomic E-state index is 0.230. The van der Waals surface area contributed by atoms with Gasteiger partial charge in [0.1, 0.15) is 5.54 Å². The van der Waals surface area contributed by atoms with Crippen LogP contribution in [-0.4, -0.2) is 39.3 Å². The molecule has 6 nitrogen and oxygen atoms in total. The Morgan fingerprint density at radius 2 is 1.81 bits per heavy atom. The highest BCUT2D eigenvalue weighted by Gasteiger charge is 2.47. The number of nitrogens with zero attached hydrogens (tertiary/aromatic N) is 2. The van der Waals surface area contributed by atoms with E-state index in [0.717, 1.165) is 21.9 Å². The van der Waals surface area contributed by atoms with E-state index in [1.54, 1.807) is 13.0 Å². The number of ketones is 1. The Balaban J connectivity index is 1.71. The van der Waals surface area contributed by atoms with Crippen LogP contribution < -0.4 is 5.32 Å². The molecule has 1 aliphatic rings. The summed E-state index contributed by atoms with van der Waals surface area (Å²) in [6.07, 6.45) is 1.15. The molecule has 3 rings (SSSR count). The predicted octanol–water partition coefficient (Wildman–Crippen LogP) is 2.77. The molecule has 1 aromatic heterocycles. The zero-order chi connectivity index (χ0) is 19.8. The Labute approximate surface area is 159 Å². The second-order valence-corrected chi connectivity index (χ2v) is 7.41. The van der Waals surface area contributed by atoms with Crippen LogP contribution in [0, 0.1) is 13.8 Å². The Kier molecular flexibility index (Phi) is 4.91. The maximum Gasteiger partial charge on any atom is 0.325 e. The van der Waals surface area contributed by atoms with E-state index in [9.17, 15) is 14.4 Å². The third kappa shape index (κ3) is 3.52. The lowest BCUT2D eigenvalue weighted by Gasteiger charge is -2.21. The molecule has 6 heteroatoms. The van der Waals surface area contributed by atoms with Crippen LogP contribution in [0.3, 0.4) is 0 Å². The molecule has 0 spiro atoms. The van der Waals surface area contributed by atoms with Gasteiger partial charge in [-0.15, -0.1) is 0 Å². The summed E-state index contributed by atoms with van der Waals surface area (Å²) in [6.45, 7) is 5.25. The minimum Gasteiger partial charge on any atom is -0.351 e. The lowest BCUT2D eigenvalue weighted by Crippen LogP contribution is -2.44. The maximum atomic E-state index is 12.9. The van der Waals surface area contributed by atoms with Gasteiger partial charge in [0.2, 0.25) is 0 Å². The van der Waals surface area contributed by atoms with Crippen LogP contribution in [0.5, 0.6) is 0 Å². The summed E-state index contributed by atoms with van der Waals surface area (Å²) >= 11 is 0. The number of aromatic nitrogens is 1. The first kappa shape index (κ1) is 18.9. The van der Waals surface area contributed by atoms with Crippen molar-refractivity contribution in [1.82, 2.24) is 14.8 Å². The molecule has 1 saturated heterocycles. The predicted molar refractivity (Wildman–Crippen MR) is 103 cm³/mol. The lowest BCUT2D eigenvalue weighted by atomic mass is 9.93.